The van der Waals surface area contributed by atoms with Gasteiger partial charge >= 0.3 is 0 Å². The molecule has 0 aliphatic rings. The molecule has 0 aromatic heterocycles. The van der Waals surface area contributed by atoms with Crippen molar-refractivity contribution < 1.29 is 9.47 Å². The molecule has 18 heavy (non-hydrogen) atoms. The van der Waals surface area contributed by atoms with Gasteiger partial charge in [-0.3, -0.25) is 0 Å². The van der Waals surface area contributed by atoms with Gasteiger partial charge in [0.2, 0.25) is 0 Å². The first-order valence-electron chi connectivity index (χ1n) is 6.20. The standard InChI is InChI=1S/C14H22N2O2/c1-5-17-9-13-8-12(11(4)16-15)6-7-14(13)18-10(2)3/h6-8,10H,5,9,15H2,1-4H3/b16-11+. The number of hydrazone groups is 1. The Kier molecular flexibility index (Phi) is 5.65. The van der Waals surface area contributed by atoms with Crippen LogP contribution < -0.4 is 10.6 Å². The largest absolute Gasteiger partial charge is 0.491 e. The summed E-state index contributed by atoms with van der Waals surface area (Å²) in [7, 11) is 0. The van der Waals surface area contributed by atoms with Gasteiger partial charge < -0.3 is 15.3 Å². The van der Waals surface area contributed by atoms with Gasteiger partial charge in [-0.05, 0) is 51.5 Å². The summed E-state index contributed by atoms with van der Waals surface area (Å²) in [6, 6.07) is 5.91. The Morgan fingerprint density at radius 3 is 2.67 bits per heavy atom. The molecule has 100 valence electrons. The van der Waals surface area contributed by atoms with Crippen LogP contribution in [-0.4, -0.2) is 18.4 Å². The second-order valence-electron chi connectivity index (χ2n) is 4.34. The Labute approximate surface area is 109 Å². The van der Waals surface area contributed by atoms with E-state index in [0.717, 1.165) is 22.6 Å². The third-order valence-corrected chi connectivity index (χ3v) is 2.50. The molecular weight excluding hydrogens is 228 g/mol. The van der Waals surface area contributed by atoms with Gasteiger partial charge in [0.05, 0.1) is 18.4 Å². The second kappa shape index (κ2) is 7.01. The Balaban J connectivity index is 3.03. The van der Waals surface area contributed by atoms with Crippen molar-refractivity contribution >= 4 is 5.71 Å². The van der Waals surface area contributed by atoms with Gasteiger partial charge in [-0.2, -0.15) is 5.10 Å². The lowest BCUT2D eigenvalue weighted by molar-refractivity contribution is 0.129. The van der Waals surface area contributed by atoms with E-state index in [-0.39, 0.29) is 6.10 Å². The molecule has 0 spiro atoms. The zero-order chi connectivity index (χ0) is 13.5. The number of hydrogen-bond donors (Lipinski definition) is 1. The van der Waals surface area contributed by atoms with Crippen molar-refractivity contribution in [2.45, 2.75) is 40.4 Å². The monoisotopic (exact) mass is 250 g/mol. The number of rotatable bonds is 6. The lowest BCUT2D eigenvalue weighted by Gasteiger charge is -2.15. The van der Waals surface area contributed by atoms with E-state index in [1.54, 1.807) is 0 Å². The van der Waals surface area contributed by atoms with Gasteiger partial charge in [0.1, 0.15) is 5.75 Å². The minimum absolute atomic E-state index is 0.139. The van der Waals surface area contributed by atoms with Crippen LogP contribution in [0.1, 0.15) is 38.8 Å². The predicted octanol–water partition coefficient (Wildman–Crippen LogP) is 2.69. The van der Waals surface area contributed by atoms with Gasteiger partial charge in [0.25, 0.3) is 0 Å². The van der Waals surface area contributed by atoms with Crippen LogP contribution in [0.25, 0.3) is 0 Å². The highest BCUT2D eigenvalue weighted by Crippen LogP contribution is 2.23. The SMILES string of the molecule is CCOCc1cc(/C(C)=N/N)ccc1OC(C)C. The molecule has 0 radical (unpaired) electrons. The first-order chi connectivity index (χ1) is 8.58. The van der Waals surface area contributed by atoms with Gasteiger partial charge in [-0.1, -0.05) is 0 Å². The molecular formula is C14H22N2O2. The van der Waals surface area contributed by atoms with Crippen LogP contribution >= 0.6 is 0 Å². The maximum absolute atomic E-state index is 5.76. The highest BCUT2D eigenvalue weighted by Gasteiger charge is 2.08. The summed E-state index contributed by atoms with van der Waals surface area (Å²) in [6.07, 6.45) is 0.139. The van der Waals surface area contributed by atoms with E-state index in [4.69, 9.17) is 15.3 Å². The maximum atomic E-state index is 5.76. The quantitative estimate of drug-likeness (QED) is 0.480. The van der Waals surface area contributed by atoms with Gasteiger partial charge in [-0.15, -0.1) is 0 Å². The summed E-state index contributed by atoms with van der Waals surface area (Å²) >= 11 is 0. The number of nitrogens with zero attached hydrogens (tertiary/aromatic N) is 1. The number of nitrogens with two attached hydrogens (primary N) is 1. The van der Waals surface area contributed by atoms with E-state index < -0.39 is 0 Å². The van der Waals surface area contributed by atoms with Crippen LogP contribution in [0.3, 0.4) is 0 Å². The van der Waals surface area contributed by atoms with E-state index in [0.29, 0.717) is 13.2 Å². The lowest BCUT2D eigenvalue weighted by Crippen LogP contribution is -2.09. The number of ether oxygens (including phenoxy) is 2. The minimum Gasteiger partial charge on any atom is -0.491 e. The van der Waals surface area contributed by atoms with Crippen molar-refractivity contribution in [2.24, 2.45) is 10.9 Å². The first-order valence-corrected chi connectivity index (χ1v) is 6.20. The van der Waals surface area contributed by atoms with E-state index in [1.165, 1.54) is 0 Å². The fourth-order valence-electron chi connectivity index (χ4n) is 1.57. The smallest absolute Gasteiger partial charge is 0.125 e. The third-order valence-electron chi connectivity index (χ3n) is 2.50. The molecule has 0 saturated heterocycles. The summed E-state index contributed by atoms with van der Waals surface area (Å²) in [4.78, 5) is 0. The first kappa shape index (κ1) is 14.5. The summed E-state index contributed by atoms with van der Waals surface area (Å²) < 4.78 is 11.2. The van der Waals surface area contributed by atoms with Gasteiger partial charge in [0.15, 0.2) is 0 Å². The summed E-state index contributed by atoms with van der Waals surface area (Å²) in [5.41, 5.74) is 2.80. The Morgan fingerprint density at radius 2 is 2.11 bits per heavy atom. The lowest BCUT2D eigenvalue weighted by atomic mass is 10.1. The second-order valence-corrected chi connectivity index (χ2v) is 4.34. The molecule has 2 N–H and O–H groups in total. The average Bonchev–Trinajstić information content (AvgIpc) is 2.36. The van der Waals surface area contributed by atoms with Crippen LogP contribution in [0.15, 0.2) is 23.3 Å². The predicted molar refractivity (Wildman–Crippen MR) is 73.9 cm³/mol. The molecule has 0 heterocycles. The van der Waals surface area contributed by atoms with Gasteiger partial charge in [0, 0.05) is 12.2 Å². The molecule has 4 heteroatoms. The van der Waals surface area contributed by atoms with E-state index in [2.05, 4.69) is 5.10 Å². The minimum atomic E-state index is 0.139. The Bertz CT molecular complexity index is 414. The summed E-state index contributed by atoms with van der Waals surface area (Å²) in [6.45, 7) is 9.07. The average molecular weight is 250 g/mol. The van der Waals surface area contributed by atoms with Crippen molar-refractivity contribution in [3.63, 3.8) is 0 Å². The highest BCUT2D eigenvalue weighted by atomic mass is 16.5. The van der Waals surface area contributed by atoms with E-state index in [1.807, 2.05) is 45.9 Å². The summed E-state index contributed by atoms with van der Waals surface area (Å²) in [5, 5.41) is 3.71. The Morgan fingerprint density at radius 1 is 1.39 bits per heavy atom. The molecule has 1 rings (SSSR count). The normalized spacial score (nSPS) is 11.9. The fraction of sp³-hybridized carbons (Fsp3) is 0.500. The topological polar surface area (TPSA) is 56.8 Å². The van der Waals surface area contributed by atoms with Crippen LogP contribution in [0.5, 0.6) is 5.75 Å². The van der Waals surface area contributed by atoms with Crippen molar-refractivity contribution in [3.05, 3.63) is 29.3 Å². The molecule has 0 atom stereocenters. The molecule has 0 unspecified atom stereocenters. The molecule has 4 nitrogen and oxygen atoms in total. The zero-order valence-electron chi connectivity index (χ0n) is 11.6. The van der Waals surface area contributed by atoms with Crippen molar-refractivity contribution in [3.8, 4) is 5.75 Å². The molecule has 1 aromatic rings. The van der Waals surface area contributed by atoms with Crippen LogP contribution in [-0.2, 0) is 11.3 Å². The number of hydrogen-bond acceptors (Lipinski definition) is 4. The van der Waals surface area contributed by atoms with Crippen molar-refractivity contribution in [1.29, 1.82) is 0 Å². The van der Waals surface area contributed by atoms with Crippen molar-refractivity contribution in [2.75, 3.05) is 6.61 Å². The highest BCUT2D eigenvalue weighted by molar-refractivity contribution is 5.98. The zero-order valence-corrected chi connectivity index (χ0v) is 11.6. The summed E-state index contributed by atoms with van der Waals surface area (Å²) in [5.74, 6) is 6.15. The van der Waals surface area contributed by atoms with Crippen LogP contribution in [0.4, 0.5) is 0 Å². The maximum Gasteiger partial charge on any atom is 0.125 e. The molecule has 0 saturated carbocycles. The molecule has 0 aliphatic carbocycles. The third kappa shape index (κ3) is 4.04. The van der Waals surface area contributed by atoms with Crippen LogP contribution in [0, 0.1) is 0 Å². The fourth-order valence-corrected chi connectivity index (χ4v) is 1.57. The van der Waals surface area contributed by atoms with Gasteiger partial charge in [-0.25, -0.2) is 0 Å². The van der Waals surface area contributed by atoms with E-state index >= 15 is 0 Å². The number of benzene rings is 1. The molecule has 0 bridgehead atoms. The molecule has 0 aliphatic heterocycles. The van der Waals surface area contributed by atoms with Crippen molar-refractivity contribution in [1.82, 2.24) is 0 Å². The molecule has 0 amide bonds. The molecule has 0 fully saturated rings. The van der Waals surface area contributed by atoms with Crippen LogP contribution in [0.2, 0.25) is 0 Å². The van der Waals surface area contributed by atoms with E-state index in [9.17, 15) is 0 Å². The molecule has 1 aromatic carbocycles. The Hall–Kier alpha value is -1.55.